The number of benzene rings is 1. The van der Waals surface area contributed by atoms with Crippen molar-refractivity contribution in [2.75, 3.05) is 14.2 Å². The molecule has 0 amide bonds. The van der Waals surface area contributed by atoms with Gasteiger partial charge in [-0.3, -0.25) is 0 Å². The normalized spacial score (nSPS) is 10.6. The summed E-state index contributed by atoms with van der Waals surface area (Å²) in [4.78, 5) is 3.12. The van der Waals surface area contributed by atoms with Gasteiger partial charge < -0.3 is 20.2 Å². The Balaban J connectivity index is 2.78. The van der Waals surface area contributed by atoms with Crippen LogP contribution in [0.15, 0.2) is 18.3 Å². The molecule has 2 aromatic rings. The van der Waals surface area contributed by atoms with Crippen molar-refractivity contribution in [3.05, 3.63) is 23.9 Å². The summed E-state index contributed by atoms with van der Waals surface area (Å²) in [7, 11) is 3.29. The van der Waals surface area contributed by atoms with Crippen LogP contribution in [0.4, 0.5) is 0 Å². The average molecular weight is 206 g/mol. The summed E-state index contributed by atoms with van der Waals surface area (Å²) in [5, 5.41) is 0.998. The highest BCUT2D eigenvalue weighted by atomic mass is 16.5. The summed E-state index contributed by atoms with van der Waals surface area (Å²) in [6, 6.07) is 3.85. The second kappa shape index (κ2) is 3.82. The molecule has 0 atom stereocenters. The highest BCUT2D eigenvalue weighted by Gasteiger charge is 2.12. The Morgan fingerprint density at radius 2 is 2.13 bits per heavy atom. The van der Waals surface area contributed by atoms with Crippen molar-refractivity contribution >= 4 is 10.9 Å². The summed E-state index contributed by atoms with van der Waals surface area (Å²) in [5.74, 6) is 1.60. The van der Waals surface area contributed by atoms with E-state index in [-0.39, 0.29) is 0 Å². The summed E-state index contributed by atoms with van der Waals surface area (Å²) in [6.45, 7) is 0.431. The highest BCUT2D eigenvalue weighted by molar-refractivity contribution is 5.92. The van der Waals surface area contributed by atoms with Crippen molar-refractivity contribution in [2.45, 2.75) is 6.54 Å². The summed E-state index contributed by atoms with van der Waals surface area (Å²) in [6.07, 6.45) is 1.86. The van der Waals surface area contributed by atoms with Crippen LogP contribution < -0.4 is 15.2 Å². The van der Waals surface area contributed by atoms with E-state index in [1.807, 2.05) is 18.3 Å². The van der Waals surface area contributed by atoms with E-state index >= 15 is 0 Å². The molecular formula is C11H14N2O2. The van der Waals surface area contributed by atoms with Gasteiger partial charge >= 0.3 is 0 Å². The molecule has 0 spiro atoms. The van der Waals surface area contributed by atoms with E-state index in [0.29, 0.717) is 6.54 Å². The number of methoxy groups -OCH3 is 2. The van der Waals surface area contributed by atoms with E-state index in [1.54, 1.807) is 14.2 Å². The molecule has 0 saturated heterocycles. The monoisotopic (exact) mass is 206 g/mol. The smallest absolute Gasteiger partial charge is 0.143 e. The fourth-order valence-corrected chi connectivity index (χ4v) is 1.79. The van der Waals surface area contributed by atoms with E-state index in [2.05, 4.69) is 4.98 Å². The number of ether oxygens (including phenoxy) is 2. The molecule has 1 heterocycles. The third kappa shape index (κ3) is 1.43. The molecule has 2 rings (SSSR count). The van der Waals surface area contributed by atoms with E-state index in [9.17, 15) is 0 Å². The van der Waals surface area contributed by atoms with Crippen LogP contribution in [0.5, 0.6) is 11.5 Å². The van der Waals surface area contributed by atoms with Gasteiger partial charge in [-0.25, -0.2) is 0 Å². The number of hydrogen-bond acceptors (Lipinski definition) is 3. The first kappa shape index (κ1) is 9.86. The largest absolute Gasteiger partial charge is 0.496 e. The quantitative estimate of drug-likeness (QED) is 0.802. The molecular weight excluding hydrogens is 192 g/mol. The molecule has 0 aliphatic carbocycles. The summed E-state index contributed by atoms with van der Waals surface area (Å²) < 4.78 is 10.6. The first-order valence-electron chi connectivity index (χ1n) is 4.72. The maximum absolute atomic E-state index is 5.66. The Morgan fingerprint density at radius 3 is 2.73 bits per heavy atom. The van der Waals surface area contributed by atoms with E-state index in [0.717, 1.165) is 28.0 Å². The lowest BCUT2D eigenvalue weighted by atomic mass is 10.1. The standard InChI is InChI=1S/C11H14N2O2/c1-14-9-5-7(6-12)11(15-2)8-3-4-13-10(8)9/h3-5,13H,6,12H2,1-2H3. The molecule has 0 unspecified atom stereocenters. The van der Waals surface area contributed by atoms with Gasteiger partial charge in [-0.1, -0.05) is 0 Å². The molecule has 0 bridgehead atoms. The van der Waals surface area contributed by atoms with Crippen molar-refractivity contribution in [2.24, 2.45) is 5.73 Å². The zero-order valence-electron chi connectivity index (χ0n) is 8.83. The SMILES string of the molecule is COc1c(CN)cc(OC)c2[nH]ccc12. The van der Waals surface area contributed by atoms with E-state index < -0.39 is 0 Å². The zero-order valence-corrected chi connectivity index (χ0v) is 8.83. The first-order valence-corrected chi connectivity index (χ1v) is 4.72. The van der Waals surface area contributed by atoms with Gasteiger partial charge in [0.05, 0.1) is 19.7 Å². The summed E-state index contributed by atoms with van der Waals surface area (Å²) >= 11 is 0. The lowest BCUT2D eigenvalue weighted by Gasteiger charge is -2.11. The van der Waals surface area contributed by atoms with Gasteiger partial charge in [0.15, 0.2) is 0 Å². The average Bonchev–Trinajstić information content (AvgIpc) is 2.75. The zero-order chi connectivity index (χ0) is 10.8. The maximum Gasteiger partial charge on any atom is 0.143 e. The fourth-order valence-electron chi connectivity index (χ4n) is 1.79. The van der Waals surface area contributed by atoms with Gasteiger partial charge in [0.25, 0.3) is 0 Å². The number of nitrogens with two attached hydrogens (primary N) is 1. The molecule has 15 heavy (non-hydrogen) atoms. The van der Waals surface area contributed by atoms with Crippen molar-refractivity contribution in [3.63, 3.8) is 0 Å². The first-order chi connectivity index (χ1) is 7.31. The maximum atomic E-state index is 5.66. The van der Waals surface area contributed by atoms with Crippen molar-refractivity contribution in [1.82, 2.24) is 4.98 Å². The third-order valence-corrected chi connectivity index (χ3v) is 2.48. The Morgan fingerprint density at radius 1 is 1.33 bits per heavy atom. The minimum atomic E-state index is 0.431. The number of nitrogens with one attached hydrogen (secondary N) is 1. The molecule has 3 N–H and O–H groups in total. The molecule has 4 nitrogen and oxygen atoms in total. The number of H-pyrrole nitrogens is 1. The molecule has 0 radical (unpaired) electrons. The van der Waals surface area contributed by atoms with Gasteiger partial charge in [0, 0.05) is 23.7 Å². The van der Waals surface area contributed by atoms with Crippen LogP contribution in [-0.4, -0.2) is 19.2 Å². The number of aromatic amines is 1. The van der Waals surface area contributed by atoms with Crippen LogP contribution in [-0.2, 0) is 6.54 Å². The van der Waals surface area contributed by atoms with Gasteiger partial charge in [-0.15, -0.1) is 0 Å². The Bertz CT molecular complexity index is 477. The molecule has 0 saturated carbocycles. The molecule has 4 heteroatoms. The fraction of sp³-hybridized carbons (Fsp3) is 0.273. The number of rotatable bonds is 3. The molecule has 1 aromatic carbocycles. The van der Waals surface area contributed by atoms with Gasteiger partial charge in [0.1, 0.15) is 11.5 Å². The second-order valence-electron chi connectivity index (χ2n) is 3.24. The van der Waals surface area contributed by atoms with Crippen LogP contribution in [0.3, 0.4) is 0 Å². The molecule has 0 fully saturated rings. The Hall–Kier alpha value is -1.68. The van der Waals surface area contributed by atoms with Crippen LogP contribution in [0.2, 0.25) is 0 Å². The molecule has 0 aliphatic heterocycles. The van der Waals surface area contributed by atoms with Gasteiger partial charge in [-0.05, 0) is 12.1 Å². The molecule has 1 aromatic heterocycles. The van der Waals surface area contributed by atoms with Crippen LogP contribution >= 0.6 is 0 Å². The number of aromatic nitrogens is 1. The lowest BCUT2D eigenvalue weighted by Crippen LogP contribution is -2.01. The molecule has 80 valence electrons. The Kier molecular flexibility index (Phi) is 2.51. The van der Waals surface area contributed by atoms with Crippen LogP contribution in [0.1, 0.15) is 5.56 Å². The Labute approximate surface area is 88.0 Å². The van der Waals surface area contributed by atoms with Crippen molar-refractivity contribution in [3.8, 4) is 11.5 Å². The third-order valence-electron chi connectivity index (χ3n) is 2.48. The number of fused-ring (bicyclic) bond motifs is 1. The molecule has 0 aliphatic rings. The van der Waals surface area contributed by atoms with E-state index in [1.165, 1.54) is 0 Å². The van der Waals surface area contributed by atoms with Crippen molar-refractivity contribution in [1.29, 1.82) is 0 Å². The minimum absolute atomic E-state index is 0.431. The van der Waals surface area contributed by atoms with Crippen LogP contribution in [0, 0.1) is 0 Å². The predicted molar refractivity (Wildman–Crippen MR) is 59.3 cm³/mol. The van der Waals surface area contributed by atoms with Gasteiger partial charge in [0.2, 0.25) is 0 Å². The summed E-state index contributed by atoms with van der Waals surface area (Å²) in [5.41, 5.74) is 7.55. The topological polar surface area (TPSA) is 60.3 Å². The van der Waals surface area contributed by atoms with Crippen molar-refractivity contribution < 1.29 is 9.47 Å². The predicted octanol–water partition coefficient (Wildman–Crippen LogP) is 1.64. The lowest BCUT2D eigenvalue weighted by molar-refractivity contribution is 0.406. The highest BCUT2D eigenvalue weighted by Crippen LogP contribution is 2.35. The van der Waals surface area contributed by atoms with Gasteiger partial charge in [-0.2, -0.15) is 0 Å². The van der Waals surface area contributed by atoms with E-state index in [4.69, 9.17) is 15.2 Å². The number of hydrogen-bond donors (Lipinski definition) is 2. The van der Waals surface area contributed by atoms with Crippen LogP contribution in [0.25, 0.3) is 10.9 Å². The minimum Gasteiger partial charge on any atom is -0.496 e. The second-order valence-corrected chi connectivity index (χ2v) is 3.24.